The maximum Gasteiger partial charge on any atom is 0.387 e. The van der Waals surface area contributed by atoms with Gasteiger partial charge in [-0.05, 0) is 25.0 Å². The maximum atomic E-state index is 12.2. The molecule has 0 unspecified atom stereocenters. The number of carboxylic acids is 1. The van der Waals surface area contributed by atoms with Gasteiger partial charge < -0.3 is 14.6 Å². The molecular formula is C12H11ClF2O4. The zero-order valence-electron chi connectivity index (χ0n) is 9.68. The largest absolute Gasteiger partial charge is 0.486 e. The molecule has 0 amide bonds. The Morgan fingerprint density at radius 3 is 2.63 bits per heavy atom. The molecule has 0 heterocycles. The molecule has 0 saturated heterocycles. The van der Waals surface area contributed by atoms with Gasteiger partial charge in [0.15, 0.2) is 11.5 Å². The van der Waals surface area contributed by atoms with Crippen molar-refractivity contribution in [2.75, 3.05) is 0 Å². The number of hydrogen-bond donors (Lipinski definition) is 1. The number of carbonyl (C=O) groups is 1. The number of aliphatic carboxylic acids is 1. The molecule has 1 fully saturated rings. The molecule has 0 bridgehead atoms. The SMILES string of the molecule is O=C(O)C1CC(Oc2cc(Cl)ccc2OC(F)F)C1. The van der Waals surface area contributed by atoms with Gasteiger partial charge in [0, 0.05) is 11.1 Å². The summed E-state index contributed by atoms with van der Waals surface area (Å²) in [5.74, 6) is -1.33. The number of ether oxygens (including phenoxy) is 2. The zero-order valence-corrected chi connectivity index (χ0v) is 10.4. The van der Waals surface area contributed by atoms with Crippen LogP contribution in [-0.4, -0.2) is 23.8 Å². The summed E-state index contributed by atoms with van der Waals surface area (Å²) in [6.45, 7) is -2.96. The minimum atomic E-state index is -2.96. The third-order valence-corrected chi connectivity index (χ3v) is 3.09. The molecule has 0 radical (unpaired) electrons. The first-order valence-corrected chi connectivity index (χ1v) is 5.97. The second-order valence-corrected chi connectivity index (χ2v) is 4.65. The zero-order chi connectivity index (χ0) is 14.0. The van der Waals surface area contributed by atoms with E-state index in [9.17, 15) is 13.6 Å². The summed E-state index contributed by atoms with van der Waals surface area (Å²) < 4.78 is 34.2. The summed E-state index contributed by atoms with van der Waals surface area (Å²) >= 11 is 5.76. The van der Waals surface area contributed by atoms with Crippen LogP contribution in [-0.2, 0) is 4.79 Å². The summed E-state index contributed by atoms with van der Waals surface area (Å²) in [5.41, 5.74) is 0. The van der Waals surface area contributed by atoms with Gasteiger partial charge in [0.25, 0.3) is 0 Å². The Kier molecular flexibility index (Phi) is 4.09. The molecule has 0 aliphatic heterocycles. The Balaban J connectivity index is 2.03. The molecule has 0 spiro atoms. The Hall–Kier alpha value is -1.56. The predicted octanol–water partition coefficient (Wildman–Crippen LogP) is 3.18. The van der Waals surface area contributed by atoms with Crippen LogP contribution in [0.2, 0.25) is 5.02 Å². The van der Waals surface area contributed by atoms with Gasteiger partial charge in [-0.15, -0.1) is 0 Å². The Morgan fingerprint density at radius 2 is 2.05 bits per heavy atom. The van der Waals surface area contributed by atoms with E-state index in [-0.39, 0.29) is 17.6 Å². The van der Waals surface area contributed by atoms with E-state index in [1.807, 2.05) is 0 Å². The van der Waals surface area contributed by atoms with Crippen LogP contribution in [0.4, 0.5) is 8.78 Å². The molecule has 1 N–H and O–H groups in total. The van der Waals surface area contributed by atoms with E-state index in [1.54, 1.807) is 0 Å². The molecule has 0 atom stereocenters. The third-order valence-electron chi connectivity index (χ3n) is 2.86. The van der Waals surface area contributed by atoms with Crippen molar-refractivity contribution in [2.24, 2.45) is 5.92 Å². The van der Waals surface area contributed by atoms with Crippen molar-refractivity contribution in [3.05, 3.63) is 23.2 Å². The lowest BCUT2D eigenvalue weighted by molar-refractivity contribution is -0.148. The van der Waals surface area contributed by atoms with Gasteiger partial charge in [0.1, 0.15) is 6.10 Å². The Bertz CT molecular complexity index is 475. The average molecular weight is 293 g/mol. The van der Waals surface area contributed by atoms with Crippen molar-refractivity contribution < 1.29 is 28.2 Å². The number of carboxylic acid groups (broad SMARTS) is 1. The summed E-state index contributed by atoms with van der Waals surface area (Å²) in [6, 6.07) is 4.07. The van der Waals surface area contributed by atoms with E-state index in [0.717, 1.165) is 0 Å². The molecule has 1 aliphatic carbocycles. The Labute approximate surface area is 112 Å². The number of benzene rings is 1. The van der Waals surface area contributed by atoms with Crippen LogP contribution in [0.3, 0.4) is 0 Å². The smallest absolute Gasteiger partial charge is 0.387 e. The standard InChI is InChI=1S/C12H11ClF2O4/c13-7-1-2-9(19-12(14)15)10(5-7)18-8-3-6(4-8)11(16)17/h1-2,5-6,8,12H,3-4H2,(H,16,17). The first kappa shape index (κ1) is 13.9. The molecular weight excluding hydrogens is 282 g/mol. The van der Waals surface area contributed by atoms with Crippen LogP contribution < -0.4 is 9.47 Å². The van der Waals surface area contributed by atoms with Crippen LogP contribution in [0.25, 0.3) is 0 Å². The van der Waals surface area contributed by atoms with Gasteiger partial charge in [0.2, 0.25) is 0 Å². The molecule has 2 rings (SSSR count). The summed E-state index contributed by atoms with van der Waals surface area (Å²) in [5, 5.41) is 9.06. The number of rotatable bonds is 5. The minimum absolute atomic E-state index is 0.0987. The highest BCUT2D eigenvalue weighted by Crippen LogP contribution is 2.37. The molecule has 0 aromatic heterocycles. The maximum absolute atomic E-state index is 12.2. The molecule has 19 heavy (non-hydrogen) atoms. The number of hydrogen-bond acceptors (Lipinski definition) is 3. The van der Waals surface area contributed by atoms with Crippen molar-refractivity contribution in [3.63, 3.8) is 0 Å². The monoisotopic (exact) mass is 292 g/mol. The lowest BCUT2D eigenvalue weighted by Crippen LogP contribution is -2.38. The van der Waals surface area contributed by atoms with Crippen molar-refractivity contribution >= 4 is 17.6 Å². The van der Waals surface area contributed by atoms with E-state index in [4.69, 9.17) is 21.4 Å². The third kappa shape index (κ3) is 3.47. The first-order valence-electron chi connectivity index (χ1n) is 5.59. The van der Waals surface area contributed by atoms with E-state index < -0.39 is 18.5 Å². The van der Waals surface area contributed by atoms with E-state index in [2.05, 4.69) is 4.74 Å². The quantitative estimate of drug-likeness (QED) is 0.905. The van der Waals surface area contributed by atoms with Gasteiger partial charge in [0.05, 0.1) is 5.92 Å². The second-order valence-electron chi connectivity index (χ2n) is 4.22. The van der Waals surface area contributed by atoms with Crippen LogP contribution in [0.15, 0.2) is 18.2 Å². The van der Waals surface area contributed by atoms with Gasteiger partial charge in [-0.2, -0.15) is 8.78 Å². The lowest BCUT2D eigenvalue weighted by Gasteiger charge is -2.32. The van der Waals surface area contributed by atoms with Crippen molar-refractivity contribution in [1.29, 1.82) is 0 Å². The van der Waals surface area contributed by atoms with Crippen LogP contribution >= 0.6 is 11.6 Å². The highest BCUT2D eigenvalue weighted by atomic mass is 35.5. The highest BCUT2D eigenvalue weighted by molar-refractivity contribution is 6.30. The minimum Gasteiger partial charge on any atom is -0.486 e. The van der Waals surface area contributed by atoms with E-state index >= 15 is 0 Å². The number of halogens is 3. The van der Waals surface area contributed by atoms with Crippen LogP contribution in [0, 0.1) is 5.92 Å². The fourth-order valence-electron chi connectivity index (χ4n) is 1.81. The molecule has 4 nitrogen and oxygen atoms in total. The fraction of sp³-hybridized carbons (Fsp3) is 0.417. The van der Waals surface area contributed by atoms with Crippen LogP contribution in [0.5, 0.6) is 11.5 Å². The topological polar surface area (TPSA) is 55.8 Å². The van der Waals surface area contributed by atoms with Crippen molar-refractivity contribution in [3.8, 4) is 11.5 Å². The van der Waals surface area contributed by atoms with Crippen molar-refractivity contribution in [1.82, 2.24) is 0 Å². The van der Waals surface area contributed by atoms with E-state index in [1.165, 1.54) is 18.2 Å². The van der Waals surface area contributed by atoms with E-state index in [0.29, 0.717) is 17.9 Å². The van der Waals surface area contributed by atoms with Gasteiger partial charge >= 0.3 is 12.6 Å². The number of alkyl halides is 2. The summed E-state index contributed by atoms with van der Waals surface area (Å²) in [7, 11) is 0. The lowest BCUT2D eigenvalue weighted by atomic mass is 9.82. The molecule has 104 valence electrons. The molecule has 7 heteroatoms. The second kappa shape index (κ2) is 5.61. The molecule has 1 aromatic carbocycles. The highest BCUT2D eigenvalue weighted by Gasteiger charge is 2.36. The van der Waals surface area contributed by atoms with Gasteiger partial charge in [-0.3, -0.25) is 4.79 Å². The summed E-state index contributed by atoms with van der Waals surface area (Å²) in [4.78, 5) is 10.6. The average Bonchev–Trinajstić information content (AvgIpc) is 2.25. The Morgan fingerprint density at radius 1 is 1.37 bits per heavy atom. The summed E-state index contributed by atoms with van der Waals surface area (Å²) in [6.07, 6.45) is 0.367. The molecule has 1 aliphatic rings. The fourth-order valence-corrected chi connectivity index (χ4v) is 1.97. The first-order chi connectivity index (χ1) is 8.95. The van der Waals surface area contributed by atoms with Gasteiger partial charge in [-0.1, -0.05) is 11.6 Å². The van der Waals surface area contributed by atoms with Crippen LogP contribution in [0.1, 0.15) is 12.8 Å². The van der Waals surface area contributed by atoms with Crippen molar-refractivity contribution in [2.45, 2.75) is 25.6 Å². The van der Waals surface area contributed by atoms with Gasteiger partial charge in [-0.25, -0.2) is 0 Å². The normalized spacial score (nSPS) is 21.9. The molecule has 1 aromatic rings. The molecule has 1 saturated carbocycles. The predicted molar refractivity (Wildman–Crippen MR) is 62.9 cm³/mol.